The molecule has 2 N–H and O–H groups in total. The number of hydrogen-bond acceptors (Lipinski definition) is 4. The zero-order valence-corrected chi connectivity index (χ0v) is 12.3. The van der Waals surface area contributed by atoms with E-state index in [9.17, 15) is 0 Å². The van der Waals surface area contributed by atoms with Crippen molar-refractivity contribution in [3.8, 4) is 0 Å². The molecule has 0 saturated heterocycles. The molecule has 0 aliphatic rings. The maximum atomic E-state index is 5.97. The van der Waals surface area contributed by atoms with Crippen LogP contribution in [0.2, 0.25) is 10.0 Å². The Kier molecular flexibility index (Phi) is 4.13. The number of nitrogens with two attached hydrogens (primary N) is 1. The summed E-state index contributed by atoms with van der Waals surface area (Å²) in [6.45, 7) is 4.37. The molecule has 0 radical (unpaired) electrons. The molecule has 4 nitrogen and oxygen atoms in total. The molecule has 6 heteroatoms. The SMILES string of the molecule is CC(C)(CN)c1nc(Cc2ccc(Cl)c(Cl)c2)no1. The van der Waals surface area contributed by atoms with E-state index < -0.39 is 0 Å². The third kappa shape index (κ3) is 3.26. The van der Waals surface area contributed by atoms with Gasteiger partial charge in [0.25, 0.3) is 0 Å². The second-order valence-corrected chi connectivity index (χ2v) is 5.84. The molecule has 102 valence electrons. The van der Waals surface area contributed by atoms with Crippen molar-refractivity contribution < 1.29 is 4.52 Å². The molecule has 0 saturated carbocycles. The molecule has 0 spiro atoms. The Hall–Kier alpha value is -1.10. The van der Waals surface area contributed by atoms with Gasteiger partial charge >= 0.3 is 0 Å². The van der Waals surface area contributed by atoms with Gasteiger partial charge in [0, 0.05) is 13.0 Å². The van der Waals surface area contributed by atoms with Crippen molar-refractivity contribution in [3.05, 3.63) is 45.5 Å². The van der Waals surface area contributed by atoms with E-state index in [1.165, 1.54) is 0 Å². The Morgan fingerprint density at radius 2 is 2.00 bits per heavy atom. The summed E-state index contributed by atoms with van der Waals surface area (Å²) < 4.78 is 5.25. The summed E-state index contributed by atoms with van der Waals surface area (Å²) in [7, 11) is 0. The average Bonchev–Trinajstić information content (AvgIpc) is 2.83. The van der Waals surface area contributed by atoms with Gasteiger partial charge in [-0.05, 0) is 31.5 Å². The van der Waals surface area contributed by atoms with Gasteiger partial charge in [-0.25, -0.2) is 0 Å². The van der Waals surface area contributed by atoms with Crippen LogP contribution in [0.5, 0.6) is 0 Å². The van der Waals surface area contributed by atoms with Crippen LogP contribution in [0, 0.1) is 0 Å². The van der Waals surface area contributed by atoms with Crippen molar-refractivity contribution in [1.29, 1.82) is 0 Å². The van der Waals surface area contributed by atoms with Crippen LogP contribution in [-0.2, 0) is 11.8 Å². The molecular formula is C13H15Cl2N3O. The van der Waals surface area contributed by atoms with E-state index in [0.717, 1.165) is 5.56 Å². The minimum Gasteiger partial charge on any atom is -0.339 e. The number of rotatable bonds is 4. The maximum Gasteiger partial charge on any atom is 0.233 e. The van der Waals surface area contributed by atoms with Crippen LogP contribution < -0.4 is 5.73 Å². The van der Waals surface area contributed by atoms with Gasteiger partial charge in [0.1, 0.15) is 0 Å². The van der Waals surface area contributed by atoms with E-state index in [-0.39, 0.29) is 5.41 Å². The number of benzene rings is 1. The maximum absolute atomic E-state index is 5.97. The number of hydrogen-bond donors (Lipinski definition) is 1. The number of aromatic nitrogens is 2. The molecule has 0 aliphatic carbocycles. The van der Waals surface area contributed by atoms with Crippen molar-refractivity contribution in [3.63, 3.8) is 0 Å². The Morgan fingerprint density at radius 3 is 2.63 bits per heavy atom. The van der Waals surface area contributed by atoms with Crippen molar-refractivity contribution in [1.82, 2.24) is 10.1 Å². The minimum atomic E-state index is -0.317. The van der Waals surface area contributed by atoms with Crippen molar-refractivity contribution >= 4 is 23.2 Å². The summed E-state index contributed by atoms with van der Waals surface area (Å²) in [5, 5.41) is 5.01. The third-order valence-electron chi connectivity index (χ3n) is 2.90. The first-order chi connectivity index (χ1) is 8.92. The Labute approximate surface area is 121 Å². The van der Waals surface area contributed by atoms with Crippen LogP contribution in [0.3, 0.4) is 0 Å². The Morgan fingerprint density at radius 1 is 1.26 bits per heavy atom. The van der Waals surface area contributed by atoms with Crippen molar-refractivity contribution in [2.75, 3.05) is 6.54 Å². The van der Waals surface area contributed by atoms with Gasteiger partial charge in [0.2, 0.25) is 5.89 Å². The molecule has 2 rings (SSSR count). The Bertz CT molecular complexity index is 581. The number of nitrogens with zero attached hydrogens (tertiary/aromatic N) is 2. The molecule has 2 aromatic rings. The lowest BCUT2D eigenvalue weighted by molar-refractivity contribution is 0.309. The lowest BCUT2D eigenvalue weighted by atomic mass is 9.94. The third-order valence-corrected chi connectivity index (χ3v) is 3.64. The Balaban J connectivity index is 2.18. The van der Waals surface area contributed by atoms with Gasteiger partial charge in [-0.3, -0.25) is 0 Å². The van der Waals surface area contributed by atoms with E-state index in [4.69, 9.17) is 33.5 Å². The fraction of sp³-hybridized carbons (Fsp3) is 0.385. The second kappa shape index (κ2) is 5.49. The molecule has 0 atom stereocenters. The zero-order valence-electron chi connectivity index (χ0n) is 10.8. The predicted octanol–water partition coefficient (Wildman–Crippen LogP) is 3.20. The average molecular weight is 300 g/mol. The summed E-state index contributed by atoms with van der Waals surface area (Å²) in [4.78, 5) is 4.37. The van der Waals surface area contributed by atoms with Crippen LogP contribution in [0.4, 0.5) is 0 Å². The van der Waals surface area contributed by atoms with E-state index in [0.29, 0.717) is 34.7 Å². The normalized spacial score (nSPS) is 11.8. The summed E-state index contributed by atoms with van der Waals surface area (Å²) in [5.41, 5.74) is 6.34. The second-order valence-electron chi connectivity index (χ2n) is 5.03. The predicted molar refractivity (Wildman–Crippen MR) is 75.6 cm³/mol. The molecule has 0 unspecified atom stereocenters. The van der Waals surface area contributed by atoms with Gasteiger partial charge in [-0.1, -0.05) is 34.4 Å². The van der Waals surface area contributed by atoms with Crippen LogP contribution in [-0.4, -0.2) is 16.7 Å². The van der Waals surface area contributed by atoms with Crippen molar-refractivity contribution in [2.45, 2.75) is 25.7 Å². The van der Waals surface area contributed by atoms with Gasteiger partial charge in [-0.15, -0.1) is 0 Å². The number of halogens is 2. The summed E-state index contributed by atoms with van der Waals surface area (Å²) in [5.74, 6) is 1.15. The highest BCUT2D eigenvalue weighted by Gasteiger charge is 2.25. The minimum absolute atomic E-state index is 0.317. The fourth-order valence-corrected chi connectivity index (χ4v) is 1.84. The quantitative estimate of drug-likeness (QED) is 0.941. The van der Waals surface area contributed by atoms with E-state index in [1.54, 1.807) is 12.1 Å². The fourth-order valence-electron chi connectivity index (χ4n) is 1.52. The highest BCUT2D eigenvalue weighted by atomic mass is 35.5. The van der Waals surface area contributed by atoms with Crippen LogP contribution >= 0.6 is 23.2 Å². The van der Waals surface area contributed by atoms with E-state index in [1.807, 2.05) is 19.9 Å². The van der Waals surface area contributed by atoms with Gasteiger partial charge in [0.15, 0.2) is 5.82 Å². The molecule has 1 heterocycles. The molecule has 0 bridgehead atoms. The lowest BCUT2D eigenvalue weighted by Gasteiger charge is -2.15. The zero-order chi connectivity index (χ0) is 14.0. The molecular weight excluding hydrogens is 285 g/mol. The standard InChI is InChI=1S/C13H15Cl2N3O/c1-13(2,7-16)12-17-11(18-19-12)6-8-3-4-9(14)10(15)5-8/h3-5H,6-7,16H2,1-2H3. The van der Waals surface area contributed by atoms with Crippen molar-refractivity contribution in [2.24, 2.45) is 5.73 Å². The molecule has 19 heavy (non-hydrogen) atoms. The molecule has 0 aliphatic heterocycles. The lowest BCUT2D eigenvalue weighted by Crippen LogP contribution is -2.28. The summed E-state index contributed by atoms with van der Waals surface area (Å²) >= 11 is 11.8. The smallest absolute Gasteiger partial charge is 0.233 e. The first-order valence-electron chi connectivity index (χ1n) is 5.89. The highest BCUT2D eigenvalue weighted by molar-refractivity contribution is 6.42. The highest BCUT2D eigenvalue weighted by Crippen LogP contribution is 2.24. The van der Waals surface area contributed by atoms with E-state index in [2.05, 4.69) is 10.1 Å². The summed E-state index contributed by atoms with van der Waals surface area (Å²) in [6.07, 6.45) is 0.543. The van der Waals surface area contributed by atoms with Gasteiger partial charge in [-0.2, -0.15) is 4.98 Å². The van der Waals surface area contributed by atoms with Crippen LogP contribution in [0.1, 0.15) is 31.1 Å². The summed E-state index contributed by atoms with van der Waals surface area (Å²) in [6, 6.07) is 5.44. The molecule has 0 amide bonds. The molecule has 1 aromatic carbocycles. The monoisotopic (exact) mass is 299 g/mol. The molecule has 0 fully saturated rings. The topological polar surface area (TPSA) is 64.9 Å². The molecule has 1 aromatic heterocycles. The van der Waals surface area contributed by atoms with E-state index >= 15 is 0 Å². The van der Waals surface area contributed by atoms with Gasteiger partial charge in [0.05, 0.1) is 15.5 Å². The first-order valence-corrected chi connectivity index (χ1v) is 6.65. The van der Waals surface area contributed by atoms with Crippen LogP contribution in [0.25, 0.3) is 0 Å². The first kappa shape index (κ1) is 14.3. The van der Waals surface area contributed by atoms with Gasteiger partial charge < -0.3 is 10.3 Å². The van der Waals surface area contributed by atoms with Crippen LogP contribution in [0.15, 0.2) is 22.7 Å². The largest absolute Gasteiger partial charge is 0.339 e.